The van der Waals surface area contributed by atoms with Crippen LogP contribution in [0.15, 0.2) is 22.2 Å². The molecule has 2 aromatic rings. The number of aromatic nitrogens is 1. The SMILES string of the molecule is O=C(Cc1csc(-c2ccsc2)n1)N1CCO[C@@H]2CCC[C@H]21. The number of fused-ring (bicyclic) bond motifs is 1. The van der Waals surface area contributed by atoms with Crippen LogP contribution in [0.25, 0.3) is 10.6 Å². The van der Waals surface area contributed by atoms with E-state index in [1.165, 1.54) is 0 Å². The number of hydrogen-bond acceptors (Lipinski definition) is 5. The number of ether oxygens (including phenoxy) is 1. The second-order valence-corrected chi connectivity index (χ2v) is 7.47. The first-order valence-corrected chi connectivity index (χ1v) is 9.51. The molecule has 1 aliphatic heterocycles. The third-order valence-corrected chi connectivity index (χ3v) is 6.08. The van der Waals surface area contributed by atoms with Crippen LogP contribution in [0.2, 0.25) is 0 Å². The summed E-state index contributed by atoms with van der Waals surface area (Å²) in [5, 5.41) is 7.16. The van der Waals surface area contributed by atoms with Crippen LogP contribution in [0.5, 0.6) is 0 Å². The molecule has 2 aromatic heterocycles. The highest BCUT2D eigenvalue weighted by Crippen LogP contribution is 2.30. The van der Waals surface area contributed by atoms with E-state index in [9.17, 15) is 4.79 Å². The summed E-state index contributed by atoms with van der Waals surface area (Å²) in [5.41, 5.74) is 2.04. The molecular weight excluding hydrogens is 316 g/mol. The van der Waals surface area contributed by atoms with Gasteiger partial charge in [-0.2, -0.15) is 11.3 Å². The van der Waals surface area contributed by atoms with E-state index in [4.69, 9.17) is 4.74 Å². The zero-order chi connectivity index (χ0) is 14.9. The van der Waals surface area contributed by atoms with Gasteiger partial charge in [0.05, 0.1) is 30.9 Å². The first kappa shape index (κ1) is 14.4. The van der Waals surface area contributed by atoms with Crippen molar-refractivity contribution < 1.29 is 9.53 Å². The Morgan fingerprint density at radius 3 is 3.23 bits per heavy atom. The lowest BCUT2D eigenvalue weighted by atomic mass is 10.1. The van der Waals surface area contributed by atoms with E-state index in [1.807, 2.05) is 10.3 Å². The molecule has 0 aromatic carbocycles. The highest BCUT2D eigenvalue weighted by molar-refractivity contribution is 7.14. The Morgan fingerprint density at radius 1 is 1.41 bits per heavy atom. The highest BCUT2D eigenvalue weighted by atomic mass is 32.1. The number of rotatable bonds is 3. The molecule has 1 saturated heterocycles. The largest absolute Gasteiger partial charge is 0.374 e. The monoisotopic (exact) mass is 334 g/mol. The Hall–Kier alpha value is -1.24. The van der Waals surface area contributed by atoms with E-state index in [0.717, 1.165) is 42.1 Å². The maximum absolute atomic E-state index is 12.6. The smallest absolute Gasteiger partial charge is 0.229 e. The van der Waals surface area contributed by atoms with Gasteiger partial charge in [0.2, 0.25) is 5.91 Å². The van der Waals surface area contributed by atoms with Gasteiger partial charge in [-0.25, -0.2) is 4.98 Å². The fourth-order valence-corrected chi connectivity index (χ4v) is 4.93. The summed E-state index contributed by atoms with van der Waals surface area (Å²) in [4.78, 5) is 19.3. The van der Waals surface area contributed by atoms with Crippen LogP contribution in [0.3, 0.4) is 0 Å². The Balaban J connectivity index is 1.45. The lowest BCUT2D eigenvalue weighted by molar-refractivity contribution is -0.143. The summed E-state index contributed by atoms with van der Waals surface area (Å²) < 4.78 is 5.78. The van der Waals surface area contributed by atoms with Crippen LogP contribution in [0, 0.1) is 0 Å². The molecule has 1 amide bonds. The summed E-state index contributed by atoms with van der Waals surface area (Å²) in [7, 11) is 0. The molecular formula is C16H18N2O2S2. The van der Waals surface area contributed by atoms with Crippen molar-refractivity contribution in [2.45, 2.75) is 37.8 Å². The second kappa shape index (κ2) is 6.10. The van der Waals surface area contributed by atoms with E-state index in [1.54, 1.807) is 22.7 Å². The van der Waals surface area contributed by atoms with Crippen LogP contribution in [0.1, 0.15) is 25.0 Å². The number of thiazole rings is 1. The summed E-state index contributed by atoms with van der Waals surface area (Å²) in [6.45, 7) is 1.39. The number of thiophene rings is 1. The van der Waals surface area contributed by atoms with Gasteiger partial charge in [-0.15, -0.1) is 11.3 Å². The lowest BCUT2D eigenvalue weighted by Gasteiger charge is -2.37. The van der Waals surface area contributed by atoms with E-state index in [2.05, 4.69) is 21.8 Å². The van der Waals surface area contributed by atoms with Crippen LogP contribution in [0.4, 0.5) is 0 Å². The first-order chi connectivity index (χ1) is 10.8. The summed E-state index contributed by atoms with van der Waals surface area (Å²) in [6.07, 6.45) is 4.00. The summed E-state index contributed by atoms with van der Waals surface area (Å²) in [6, 6.07) is 2.36. The first-order valence-electron chi connectivity index (χ1n) is 7.69. The molecule has 22 heavy (non-hydrogen) atoms. The maximum Gasteiger partial charge on any atom is 0.229 e. The second-order valence-electron chi connectivity index (χ2n) is 5.83. The van der Waals surface area contributed by atoms with Crippen molar-refractivity contribution in [1.82, 2.24) is 9.88 Å². The molecule has 1 aliphatic carbocycles. The number of morpholine rings is 1. The zero-order valence-corrected chi connectivity index (χ0v) is 13.9. The van der Waals surface area contributed by atoms with Gasteiger partial charge in [-0.1, -0.05) is 0 Å². The molecule has 116 valence electrons. The van der Waals surface area contributed by atoms with Gasteiger partial charge in [0, 0.05) is 22.9 Å². The quantitative estimate of drug-likeness (QED) is 0.866. The van der Waals surface area contributed by atoms with E-state index >= 15 is 0 Å². The Morgan fingerprint density at radius 2 is 2.36 bits per heavy atom. The van der Waals surface area contributed by atoms with Gasteiger partial charge >= 0.3 is 0 Å². The molecule has 0 spiro atoms. The number of carbonyl (C=O) groups excluding carboxylic acids is 1. The molecule has 0 N–H and O–H groups in total. The topological polar surface area (TPSA) is 42.4 Å². The minimum absolute atomic E-state index is 0.197. The van der Waals surface area contributed by atoms with Crippen LogP contribution in [-0.2, 0) is 16.0 Å². The molecule has 4 rings (SSSR count). The fourth-order valence-electron chi connectivity index (χ4n) is 3.40. The summed E-state index contributed by atoms with van der Waals surface area (Å²) >= 11 is 3.28. The van der Waals surface area contributed by atoms with E-state index in [-0.39, 0.29) is 18.1 Å². The average Bonchev–Trinajstić information content (AvgIpc) is 3.27. The number of amides is 1. The van der Waals surface area contributed by atoms with E-state index < -0.39 is 0 Å². The number of hydrogen-bond donors (Lipinski definition) is 0. The third-order valence-electron chi connectivity index (χ3n) is 4.45. The van der Waals surface area contributed by atoms with Gasteiger partial charge in [0.25, 0.3) is 0 Å². The molecule has 0 radical (unpaired) electrons. The Labute approximate surface area is 137 Å². The minimum atomic E-state index is 0.197. The van der Waals surface area contributed by atoms with Gasteiger partial charge in [0.1, 0.15) is 5.01 Å². The lowest BCUT2D eigenvalue weighted by Crippen LogP contribution is -2.51. The van der Waals surface area contributed by atoms with Gasteiger partial charge < -0.3 is 9.64 Å². The van der Waals surface area contributed by atoms with Gasteiger partial charge in [-0.3, -0.25) is 4.79 Å². The molecule has 2 atom stereocenters. The maximum atomic E-state index is 12.6. The van der Waals surface area contributed by atoms with Crippen molar-refractivity contribution in [2.24, 2.45) is 0 Å². The Kier molecular flexibility index (Phi) is 3.98. The van der Waals surface area contributed by atoms with Gasteiger partial charge in [0.15, 0.2) is 0 Å². The molecule has 1 saturated carbocycles. The van der Waals surface area contributed by atoms with Crippen molar-refractivity contribution in [1.29, 1.82) is 0 Å². The van der Waals surface area contributed by atoms with Crippen molar-refractivity contribution in [3.63, 3.8) is 0 Å². The van der Waals surface area contributed by atoms with Crippen LogP contribution in [-0.4, -0.2) is 41.1 Å². The van der Waals surface area contributed by atoms with Crippen LogP contribution < -0.4 is 0 Å². The molecule has 6 heteroatoms. The van der Waals surface area contributed by atoms with Crippen molar-refractivity contribution in [3.05, 3.63) is 27.9 Å². The molecule has 3 heterocycles. The zero-order valence-electron chi connectivity index (χ0n) is 12.2. The molecule has 2 aliphatic rings. The Bertz CT molecular complexity index is 653. The molecule has 0 bridgehead atoms. The predicted molar refractivity (Wildman–Crippen MR) is 88.2 cm³/mol. The van der Waals surface area contributed by atoms with Crippen molar-refractivity contribution >= 4 is 28.6 Å². The molecule has 0 unspecified atom stereocenters. The normalized spacial score (nSPS) is 24.5. The third kappa shape index (κ3) is 2.71. The minimum Gasteiger partial charge on any atom is -0.374 e. The van der Waals surface area contributed by atoms with Crippen molar-refractivity contribution in [2.75, 3.05) is 13.2 Å². The highest BCUT2D eigenvalue weighted by Gasteiger charge is 2.38. The average molecular weight is 334 g/mol. The van der Waals surface area contributed by atoms with Gasteiger partial charge in [-0.05, 0) is 30.7 Å². The number of nitrogens with zero attached hydrogens (tertiary/aromatic N) is 2. The molecule has 4 nitrogen and oxygen atoms in total. The summed E-state index contributed by atoms with van der Waals surface area (Å²) in [5.74, 6) is 0.197. The predicted octanol–water partition coefficient (Wildman–Crippen LogP) is 3.19. The van der Waals surface area contributed by atoms with Crippen LogP contribution >= 0.6 is 22.7 Å². The standard InChI is InChI=1S/C16H18N2O2S2/c19-15(18-5-6-20-14-3-1-2-13(14)18)8-12-10-22-16(17-12)11-4-7-21-9-11/h4,7,9-10,13-14H,1-3,5-6,8H2/t13-,14-/m1/s1. The molecule has 2 fully saturated rings. The van der Waals surface area contributed by atoms with E-state index in [0.29, 0.717) is 13.0 Å². The number of carbonyl (C=O) groups is 1. The van der Waals surface area contributed by atoms with Crippen molar-refractivity contribution in [3.8, 4) is 10.6 Å². The fraction of sp³-hybridized carbons (Fsp3) is 0.500.